The smallest absolute Gasteiger partial charge is 0.0807 e. The van der Waals surface area contributed by atoms with Crippen LogP contribution in [-0.4, -0.2) is 13.2 Å². The lowest BCUT2D eigenvalue weighted by Gasteiger charge is -2.40. The van der Waals surface area contributed by atoms with Crippen LogP contribution < -0.4 is 0 Å². The molecule has 0 amide bonds. The van der Waals surface area contributed by atoms with E-state index in [1.165, 1.54) is 64.2 Å². The lowest BCUT2D eigenvalue weighted by molar-refractivity contribution is 0.0364. The minimum atomic E-state index is -0.177. The number of rotatable bonds is 8. The largest absolute Gasteiger partial charge is 0.380 e. The monoisotopic (exact) mass is 319 g/mol. The molecule has 0 N–H and O–H groups in total. The second-order valence-corrected chi connectivity index (χ2v) is 8.14. The van der Waals surface area contributed by atoms with Gasteiger partial charge in [0.2, 0.25) is 0 Å². The molecule has 0 aromatic heterocycles. The molecule has 0 heterocycles. The second-order valence-electron chi connectivity index (χ2n) is 8.14. The Bertz CT molecular complexity index is 357. The summed E-state index contributed by atoms with van der Waals surface area (Å²) >= 11 is 0. The van der Waals surface area contributed by atoms with Crippen molar-refractivity contribution in [1.29, 1.82) is 5.26 Å². The number of ether oxygens (including phenoxy) is 1. The van der Waals surface area contributed by atoms with E-state index in [4.69, 9.17) is 4.74 Å². The van der Waals surface area contributed by atoms with Crippen LogP contribution in [0.1, 0.15) is 90.9 Å². The first-order valence-electron chi connectivity index (χ1n) is 10.2. The Morgan fingerprint density at radius 1 is 0.957 bits per heavy atom. The summed E-state index contributed by atoms with van der Waals surface area (Å²) in [5.41, 5.74) is -0.177. The van der Waals surface area contributed by atoms with Crippen LogP contribution in [-0.2, 0) is 4.74 Å². The van der Waals surface area contributed by atoms with Crippen molar-refractivity contribution in [2.24, 2.45) is 23.2 Å². The predicted molar refractivity (Wildman–Crippen MR) is 96.1 cm³/mol. The fraction of sp³-hybridized carbons (Fsp3) is 0.952. The first-order valence-corrected chi connectivity index (χ1v) is 10.2. The van der Waals surface area contributed by atoms with Crippen molar-refractivity contribution in [2.45, 2.75) is 90.9 Å². The maximum atomic E-state index is 9.57. The first kappa shape index (κ1) is 18.8. The van der Waals surface area contributed by atoms with Gasteiger partial charge in [-0.2, -0.15) is 5.26 Å². The highest BCUT2D eigenvalue weighted by atomic mass is 16.5. The molecule has 0 aliphatic heterocycles. The van der Waals surface area contributed by atoms with E-state index in [0.717, 1.165) is 37.2 Å². The van der Waals surface area contributed by atoms with E-state index in [2.05, 4.69) is 13.0 Å². The molecule has 0 aromatic rings. The van der Waals surface area contributed by atoms with Crippen molar-refractivity contribution in [2.75, 3.05) is 13.2 Å². The van der Waals surface area contributed by atoms with Gasteiger partial charge in [0.1, 0.15) is 0 Å². The van der Waals surface area contributed by atoms with Crippen molar-refractivity contribution >= 4 is 0 Å². The van der Waals surface area contributed by atoms with E-state index < -0.39 is 0 Å². The lowest BCUT2D eigenvalue weighted by atomic mass is 9.65. The van der Waals surface area contributed by atoms with Gasteiger partial charge in [0.15, 0.2) is 0 Å². The number of nitrogens with zero attached hydrogens (tertiary/aromatic N) is 1. The minimum Gasteiger partial charge on any atom is -0.380 e. The number of unbranched alkanes of at least 4 members (excludes halogenated alkanes) is 2. The molecular formula is C21H37NO. The Morgan fingerprint density at radius 3 is 2.17 bits per heavy atom. The van der Waals surface area contributed by atoms with Crippen LogP contribution in [0, 0.1) is 34.5 Å². The van der Waals surface area contributed by atoms with Crippen LogP contribution in [0.25, 0.3) is 0 Å². The van der Waals surface area contributed by atoms with E-state index in [1.807, 2.05) is 6.92 Å². The molecule has 2 aliphatic carbocycles. The summed E-state index contributed by atoms with van der Waals surface area (Å²) in [5, 5.41) is 9.57. The van der Waals surface area contributed by atoms with Gasteiger partial charge >= 0.3 is 0 Å². The van der Waals surface area contributed by atoms with Gasteiger partial charge in [-0.05, 0) is 63.2 Å². The molecule has 132 valence electrons. The van der Waals surface area contributed by atoms with Crippen molar-refractivity contribution in [3.8, 4) is 6.07 Å². The highest BCUT2D eigenvalue weighted by molar-refractivity contribution is 5.02. The van der Waals surface area contributed by atoms with Crippen LogP contribution in [0.15, 0.2) is 0 Å². The average molecular weight is 320 g/mol. The van der Waals surface area contributed by atoms with E-state index in [-0.39, 0.29) is 5.41 Å². The number of hydrogen-bond donors (Lipinski definition) is 0. The lowest BCUT2D eigenvalue weighted by Crippen LogP contribution is -2.34. The summed E-state index contributed by atoms with van der Waals surface area (Å²) in [6.07, 6.45) is 16.1. The maximum Gasteiger partial charge on any atom is 0.0807 e. The summed E-state index contributed by atoms with van der Waals surface area (Å²) in [4.78, 5) is 0. The summed E-state index contributed by atoms with van der Waals surface area (Å²) < 4.78 is 5.59. The quantitative estimate of drug-likeness (QED) is 0.506. The third kappa shape index (κ3) is 5.49. The number of hydrogen-bond acceptors (Lipinski definition) is 2. The fourth-order valence-electron chi connectivity index (χ4n) is 4.88. The van der Waals surface area contributed by atoms with E-state index >= 15 is 0 Å². The molecule has 2 aliphatic rings. The molecule has 0 saturated heterocycles. The number of nitriles is 1. The third-order valence-corrected chi connectivity index (χ3v) is 6.58. The highest BCUT2D eigenvalue weighted by Gasteiger charge is 2.38. The zero-order valence-corrected chi connectivity index (χ0v) is 15.5. The SMILES string of the molecule is CCCCCC1CCC(C2CCC(C#N)(COCC)CC2)CC1. The molecule has 0 spiro atoms. The van der Waals surface area contributed by atoms with Crippen molar-refractivity contribution < 1.29 is 4.74 Å². The molecule has 23 heavy (non-hydrogen) atoms. The predicted octanol–water partition coefficient (Wildman–Crippen LogP) is 6.11. The van der Waals surface area contributed by atoms with E-state index in [0.29, 0.717) is 6.61 Å². The zero-order chi connectivity index (χ0) is 16.5. The topological polar surface area (TPSA) is 33.0 Å². The molecular weight excluding hydrogens is 282 g/mol. The Hall–Kier alpha value is -0.550. The van der Waals surface area contributed by atoms with Crippen molar-refractivity contribution in [1.82, 2.24) is 0 Å². The zero-order valence-electron chi connectivity index (χ0n) is 15.5. The summed E-state index contributed by atoms with van der Waals surface area (Å²) in [5.74, 6) is 2.84. The van der Waals surface area contributed by atoms with Crippen LogP contribution in [0.2, 0.25) is 0 Å². The molecule has 0 atom stereocenters. The van der Waals surface area contributed by atoms with Gasteiger partial charge in [-0.1, -0.05) is 45.4 Å². The van der Waals surface area contributed by atoms with Gasteiger partial charge in [-0.3, -0.25) is 0 Å². The third-order valence-electron chi connectivity index (χ3n) is 6.58. The second kappa shape index (κ2) is 9.67. The molecule has 0 aromatic carbocycles. The average Bonchev–Trinajstić information content (AvgIpc) is 2.61. The minimum absolute atomic E-state index is 0.177. The summed E-state index contributed by atoms with van der Waals surface area (Å²) in [6.45, 7) is 5.70. The van der Waals surface area contributed by atoms with Gasteiger partial charge in [0.05, 0.1) is 18.1 Å². The Kier molecular flexibility index (Phi) is 7.90. The van der Waals surface area contributed by atoms with Gasteiger partial charge in [0.25, 0.3) is 0 Å². The normalized spacial score (nSPS) is 34.9. The summed E-state index contributed by atoms with van der Waals surface area (Å²) in [6, 6.07) is 2.59. The molecule has 2 nitrogen and oxygen atoms in total. The first-order chi connectivity index (χ1) is 11.2. The van der Waals surface area contributed by atoms with E-state index in [1.54, 1.807) is 0 Å². The summed E-state index contributed by atoms with van der Waals surface area (Å²) in [7, 11) is 0. The van der Waals surface area contributed by atoms with Crippen LogP contribution in [0.3, 0.4) is 0 Å². The molecule has 2 saturated carbocycles. The Labute approximate surface area is 144 Å². The van der Waals surface area contributed by atoms with Crippen LogP contribution >= 0.6 is 0 Å². The van der Waals surface area contributed by atoms with E-state index in [9.17, 15) is 5.26 Å². The standard InChI is InChI=1S/C21H37NO/c1-3-5-6-7-18-8-10-19(11-9-18)20-12-14-21(16-22,15-13-20)17-23-4-2/h18-20H,3-15,17H2,1-2H3. The molecule has 0 radical (unpaired) electrons. The van der Waals surface area contributed by atoms with Gasteiger partial charge in [-0.15, -0.1) is 0 Å². The molecule has 0 bridgehead atoms. The molecule has 2 heteroatoms. The Balaban J connectivity index is 1.71. The Morgan fingerprint density at radius 2 is 1.61 bits per heavy atom. The molecule has 2 rings (SSSR count). The van der Waals surface area contributed by atoms with Crippen LogP contribution in [0.4, 0.5) is 0 Å². The van der Waals surface area contributed by atoms with Crippen molar-refractivity contribution in [3.05, 3.63) is 0 Å². The van der Waals surface area contributed by atoms with Gasteiger partial charge < -0.3 is 4.74 Å². The van der Waals surface area contributed by atoms with Gasteiger partial charge in [0, 0.05) is 6.61 Å². The van der Waals surface area contributed by atoms with Crippen molar-refractivity contribution in [3.63, 3.8) is 0 Å². The van der Waals surface area contributed by atoms with Gasteiger partial charge in [-0.25, -0.2) is 0 Å². The molecule has 2 fully saturated rings. The van der Waals surface area contributed by atoms with Crippen LogP contribution in [0.5, 0.6) is 0 Å². The highest BCUT2D eigenvalue weighted by Crippen LogP contribution is 2.46. The molecule has 0 unspecified atom stereocenters. The maximum absolute atomic E-state index is 9.57. The fourth-order valence-corrected chi connectivity index (χ4v) is 4.88.